The van der Waals surface area contributed by atoms with E-state index in [-0.39, 0.29) is 29.2 Å². The number of methoxy groups -OCH3 is 2. The summed E-state index contributed by atoms with van der Waals surface area (Å²) in [6.07, 6.45) is 0. The number of rotatable bonds is 5. The molecule has 0 radical (unpaired) electrons. The lowest BCUT2D eigenvalue weighted by Crippen LogP contribution is -2.17. The molecule has 18 heavy (non-hydrogen) atoms. The third kappa shape index (κ3) is 2.76. The van der Waals surface area contributed by atoms with E-state index in [9.17, 15) is 13.6 Å². The number of benzene rings is 1. The van der Waals surface area contributed by atoms with Gasteiger partial charge in [-0.15, -0.1) is 0 Å². The molecule has 4 nitrogen and oxygen atoms in total. The van der Waals surface area contributed by atoms with E-state index in [0.29, 0.717) is 0 Å². The largest absolute Gasteiger partial charge is 0.493 e. The molecule has 0 spiro atoms. The minimum atomic E-state index is -3.08. The minimum absolute atomic E-state index is 0.00382. The van der Waals surface area contributed by atoms with E-state index in [1.54, 1.807) is 0 Å². The van der Waals surface area contributed by atoms with Crippen molar-refractivity contribution in [2.45, 2.75) is 12.8 Å². The topological polar surface area (TPSA) is 61.5 Å². The highest BCUT2D eigenvalue weighted by atomic mass is 19.3. The maximum absolute atomic E-state index is 13.3. The Morgan fingerprint density at radius 2 is 1.94 bits per heavy atom. The molecule has 0 atom stereocenters. The van der Waals surface area contributed by atoms with Crippen molar-refractivity contribution in [2.24, 2.45) is 5.73 Å². The van der Waals surface area contributed by atoms with E-state index in [1.807, 2.05) is 0 Å². The van der Waals surface area contributed by atoms with Crippen LogP contribution in [0.15, 0.2) is 12.1 Å². The molecule has 1 aromatic rings. The van der Waals surface area contributed by atoms with Crippen LogP contribution in [0.2, 0.25) is 0 Å². The highest BCUT2D eigenvalue weighted by Gasteiger charge is 2.28. The fourth-order valence-corrected chi connectivity index (χ4v) is 1.53. The van der Waals surface area contributed by atoms with E-state index >= 15 is 0 Å². The van der Waals surface area contributed by atoms with Gasteiger partial charge in [-0.05, 0) is 12.1 Å². The van der Waals surface area contributed by atoms with Gasteiger partial charge in [0.2, 0.25) is 0 Å². The Hall–Kier alpha value is -1.69. The first kappa shape index (κ1) is 14.4. The number of hydrogen-bond acceptors (Lipinski definition) is 4. The third-order valence-electron chi connectivity index (χ3n) is 2.47. The molecule has 0 saturated carbocycles. The zero-order valence-corrected chi connectivity index (χ0v) is 10.4. The van der Waals surface area contributed by atoms with Crippen LogP contribution in [-0.4, -0.2) is 26.5 Å². The van der Waals surface area contributed by atoms with Crippen molar-refractivity contribution in [1.82, 2.24) is 0 Å². The average Bonchev–Trinajstić information content (AvgIpc) is 2.34. The van der Waals surface area contributed by atoms with E-state index in [1.165, 1.54) is 14.2 Å². The van der Waals surface area contributed by atoms with E-state index in [2.05, 4.69) is 0 Å². The standard InChI is InChI=1S/C12H15F2NO3/c1-12(13,14)7-4-8(9(16)6-15)11(18-3)10(5-7)17-2/h4-5H,6,15H2,1-3H3. The fourth-order valence-electron chi connectivity index (χ4n) is 1.53. The first-order chi connectivity index (χ1) is 8.35. The van der Waals surface area contributed by atoms with Gasteiger partial charge in [0, 0.05) is 12.5 Å². The molecule has 0 aromatic heterocycles. The molecule has 0 amide bonds. The van der Waals surface area contributed by atoms with Gasteiger partial charge < -0.3 is 15.2 Å². The van der Waals surface area contributed by atoms with Gasteiger partial charge >= 0.3 is 0 Å². The number of nitrogens with two attached hydrogens (primary N) is 1. The molecule has 2 N–H and O–H groups in total. The molecule has 0 bridgehead atoms. The second-order valence-electron chi connectivity index (χ2n) is 3.77. The number of hydrogen-bond donors (Lipinski definition) is 1. The smallest absolute Gasteiger partial charge is 0.270 e. The quantitative estimate of drug-likeness (QED) is 0.821. The van der Waals surface area contributed by atoms with Crippen LogP contribution in [0.1, 0.15) is 22.8 Å². The number of halogens is 2. The van der Waals surface area contributed by atoms with Crippen molar-refractivity contribution < 1.29 is 23.0 Å². The summed E-state index contributed by atoms with van der Waals surface area (Å²) in [7, 11) is 2.64. The summed E-state index contributed by atoms with van der Waals surface area (Å²) in [5.41, 5.74) is 4.92. The van der Waals surface area contributed by atoms with Crippen molar-refractivity contribution in [3.63, 3.8) is 0 Å². The zero-order valence-electron chi connectivity index (χ0n) is 10.4. The number of alkyl halides is 2. The van der Waals surface area contributed by atoms with E-state index in [0.717, 1.165) is 19.1 Å². The summed E-state index contributed by atoms with van der Waals surface area (Å²) in [5.74, 6) is -3.38. The molecule has 0 aliphatic carbocycles. The van der Waals surface area contributed by atoms with Crippen LogP contribution in [0.5, 0.6) is 11.5 Å². The minimum Gasteiger partial charge on any atom is -0.493 e. The lowest BCUT2D eigenvalue weighted by Gasteiger charge is -2.17. The normalized spacial score (nSPS) is 11.2. The summed E-state index contributed by atoms with van der Waals surface area (Å²) in [6, 6.07) is 2.22. The summed E-state index contributed by atoms with van der Waals surface area (Å²) >= 11 is 0. The predicted octanol–water partition coefficient (Wildman–Crippen LogP) is 1.96. The Morgan fingerprint density at radius 1 is 1.33 bits per heavy atom. The van der Waals surface area contributed by atoms with Crippen LogP contribution in [0.4, 0.5) is 8.78 Å². The summed E-state index contributed by atoms with van der Waals surface area (Å²) in [5, 5.41) is 0. The molecule has 1 rings (SSSR count). The maximum atomic E-state index is 13.3. The van der Waals surface area contributed by atoms with Crippen molar-refractivity contribution in [3.05, 3.63) is 23.3 Å². The monoisotopic (exact) mass is 259 g/mol. The van der Waals surface area contributed by atoms with Gasteiger partial charge in [-0.25, -0.2) is 8.78 Å². The zero-order chi connectivity index (χ0) is 13.9. The summed E-state index contributed by atoms with van der Waals surface area (Å²) in [4.78, 5) is 11.6. The second kappa shape index (κ2) is 5.30. The van der Waals surface area contributed by atoms with E-state index < -0.39 is 11.7 Å². The first-order valence-corrected chi connectivity index (χ1v) is 5.22. The molecule has 0 saturated heterocycles. The second-order valence-corrected chi connectivity index (χ2v) is 3.77. The van der Waals surface area contributed by atoms with Crippen LogP contribution in [-0.2, 0) is 5.92 Å². The van der Waals surface area contributed by atoms with Gasteiger partial charge in [-0.3, -0.25) is 4.79 Å². The van der Waals surface area contributed by atoms with Gasteiger partial charge in [0.15, 0.2) is 17.3 Å². The molecule has 0 aliphatic rings. The number of ketones is 1. The van der Waals surface area contributed by atoms with Crippen molar-refractivity contribution >= 4 is 5.78 Å². The van der Waals surface area contributed by atoms with Crippen LogP contribution < -0.4 is 15.2 Å². The highest BCUT2D eigenvalue weighted by Crippen LogP contribution is 2.38. The van der Waals surface area contributed by atoms with Crippen molar-refractivity contribution in [1.29, 1.82) is 0 Å². The number of Topliss-reactive ketones (excluding diaryl/α,β-unsaturated/α-hetero) is 1. The molecular weight excluding hydrogens is 244 g/mol. The number of carbonyl (C=O) groups is 1. The fraction of sp³-hybridized carbons (Fsp3) is 0.417. The predicted molar refractivity (Wildman–Crippen MR) is 62.5 cm³/mol. The van der Waals surface area contributed by atoms with Gasteiger partial charge in [-0.2, -0.15) is 0 Å². The maximum Gasteiger partial charge on any atom is 0.270 e. The highest BCUT2D eigenvalue weighted by molar-refractivity contribution is 6.01. The van der Waals surface area contributed by atoms with Crippen LogP contribution in [0, 0.1) is 0 Å². The molecular formula is C12H15F2NO3. The van der Waals surface area contributed by atoms with Gasteiger partial charge in [-0.1, -0.05) is 0 Å². The molecule has 0 heterocycles. The SMILES string of the molecule is COc1cc(C(C)(F)F)cc(C(=O)CN)c1OC. The van der Waals surface area contributed by atoms with Crippen LogP contribution >= 0.6 is 0 Å². The average molecular weight is 259 g/mol. The Kier molecular flexibility index (Phi) is 4.24. The van der Waals surface area contributed by atoms with Crippen molar-refractivity contribution in [3.8, 4) is 11.5 Å². The molecule has 0 aliphatic heterocycles. The lowest BCUT2D eigenvalue weighted by molar-refractivity contribution is 0.0171. The van der Waals surface area contributed by atoms with Crippen LogP contribution in [0.25, 0.3) is 0 Å². The van der Waals surface area contributed by atoms with Gasteiger partial charge in [0.1, 0.15) is 0 Å². The molecule has 100 valence electrons. The molecule has 1 aromatic carbocycles. The Balaban J connectivity index is 3.50. The molecule has 0 fully saturated rings. The summed E-state index contributed by atoms with van der Waals surface area (Å²) < 4.78 is 36.6. The number of carbonyl (C=O) groups excluding carboxylic acids is 1. The molecule has 6 heteroatoms. The Bertz CT molecular complexity index is 455. The van der Waals surface area contributed by atoms with E-state index in [4.69, 9.17) is 15.2 Å². The lowest BCUT2D eigenvalue weighted by atomic mass is 10.0. The van der Waals surface area contributed by atoms with Gasteiger partial charge in [0.25, 0.3) is 5.92 Å². The summed E-state index contributed by atoms with van der Waals surface area (Å²) in [6.45, 7) is 0.448. The Morgan fingerprint density at radius 3 is 2.33 bits per heavy atom. The van der Waals surface area contributed by atoms with Crippen molar-refractivity contribution in [2.75, 3.05) is 20.8 Å². The van der Waals surface area contributed by atoms with Gasteiger partial charge in [0.05, 0.1) is 26.3 Å². The first-order valence-electron chi connectivity index (χ1n) is 5.22. The van der Waals surface area contributed by atoms with Crippen LogP contribution in [0.3, 0.4) is 0 Å². The third-order valence-corrected chi connectivity index (χ3v) is 2.47. The molecule has 0 unspecified atom stereocenters. The Labute approximate surface area is 104 Å². The number of ether oxygens (including phenoxy) is 2.